The lowest BCUT2D eigenvalue weighted by molar-refractivity contribution is -0.165. The Morgan fingerprint density at radius 2 is 0.909 bits per heavy atom. The number of rotatable bonds is 9. The van der Waals surface area contributed by atoms with Crippen molar-refractivity contribution >= 4 is 59.4 Å². The summed E-state index contributed by atoms with van der Waals surface area (Å²) in [6, 6.07) is 24.6. The second-order valence-electron chi connectivity index (χ2n) is 15.7. The molecule has 2 atom stereocenters. The minimum absolute atomic E-state index is 0. The number of guanidine groups is 2. The number of aliphatic hydroxyl groups is 2. The van der Waals surface area contributed by atoms with E-state index in [1.165, 1.54) is 11.1 Å². The summed E-state index contributed by atoms with van der Waals surface area (Å²) in [5.74, 6) is -3.43. The van der Waals surface area contributed by atoms with Gasteiger partial charge >= 0.3 is 11.9 Å². The first-order valence-corrected chi connectivity index (χ1v) is 20.1. The summed E-state index contributed by atoms with van der Waals surface area (Å²) < 4.78 is 4.07. The van der Waals surface area contributed by atoms with Crippen LogP contribution in [0.5, 0.6) is 0 Å². The number of hydrogen-bond acceptors (Lipinski definition) is 9. The molecule has 9 N–H and O–H groups in total. The number of pyridine rings is 2. The number of carboxylic acids is 2. The van der Waals surface area contributed by atoms with E-state index in [1.54, 1.807) is 57.0 Å². The van der Waals surface area contributed by atoms with Gasteiger partial charge in [-0.3, -0.25) is 15.0 Å². The summed E-state index contributed by atoms with van der Waals surface area (Å²) in [6.07, 6.45) is 0.216. The molecule has 2 aromatic carbocycles. The smallest absolute Gasteiger partial charge is 0.335 e. The van der Waals surface area contributed by atoms with Crippen molar-refractivity contribution in [1.29, 1.82) is 5.41 Å². The van der Waals surface area contributed by atoms with Gasteiger partial charge in [-0.1, -0.05) is 71.8 Å². The van der Waals surface area contributed by atoms with Gasteiger partial charge < -0.3 is 55.4 Å². The number of nitrogens with zero attached hydrogens (tertiary/aromatic N) is 8. The fourth-order valence-electron chi connectivity index (χ4n) is 5.72. The average Bonchev–Trinajstić information content (AvgIpc) is 3.77. The standard InChI is InChI=1S/2C19H21N3O.C4H11N5.C4H6O6.ClH/c2*1-13-5-8-15(9-6-13)19-16(11-18(23)21(3)4)22-12-14(2)7-10-17(22)20-19;1-9(2)4(7)8-3(5)6;5-1(3(7)8)2(6)4(9)10;/h2*5-10,12H,11H2,1-4H3;1-2H3,(H5,5,6,7,8);1-2,5-6H,(H,7,8)(H,9,10);1H. The Morgan fingerprint density at radius 3 is 1.17 bits per heavy atom. The van der Waals surface area contributed by atoms with Crippen LogP contribution in [0.3, 0.4) is 0 Å². The van der Waals surface area contributed by atoms with Crippen LogP contribution < -0.4 is 11.5 Å². The molecule has 20 heteroatoms. The van der Waals surface area contributed by atoms with Gasteiger partial charge in [-0.25, -0.2) is 19.6 Å². The Bertz CT molecular complexity index is 2490. The summed E-state index contributed by atoms with van der Waals surface area (Å²) in [7, 11) is 10.6. The zero-order valence-corrected chi connectivity index (χ0v) is 39.5. The molecule has 354 valence electrons. The largest absolute Gasteiger partial charge is 0.479 e. The fourth-order valence-corrected chi connectivity index (χ4v) is 5.72. The Labute approximate surface area is 389 Å². The van der Waals surface area contributed by atoms with Crippen molar-refractivity contribution in [2.24, 2.45) is 16.5 Å². The Kier molecular flexibility index (Phi) is 20.5. The monoisotopic (exact) mass is 929 g/mol. The first-order chi connectivity index (χ1) is 30.4. The van der Waals surface area contributed by atoms with Gasteiger partial charge in [-0.15, -0.1) is 12.4 Å². The van der Waals surface area contributed by atoms with Crippen LogP contribution in [0.15, 0.2) is 90.2 Å². The van der Waals surface area contributed by atoms with E-state index in [0.29, 0.717) is 12.8 Å². The van der Waals surface area contributed by atoms with Gasteiger partial charge in [-0.05, 0) is 51.0 Å². The number of likely N-dealkylation sites (N-methyl/N-ethyl adjacent to an activating group) is 2. The third kappa shape index (κ3) is 15.4. The van der Waals surface area contributed by atoms with Gasteiger partial charge in [0.1, 0.15) is 11.3 Å². The molecule has 0 aliphatic rings. The van der Waals surface area contributed by atoms with Crippen molar-refractivity contribution in [2.75, 3.05) is 42.3 Å². The number of carbonyl (C=O) groups is 4. The molecule has 2 amide bonds. The number of carbonyl (C=O) groups excluding carboxylic acids is 2. The lowest BCUT2D eigenvalue weighted by Gasteiger charge is -2.11. The molecule has 4 heterocycles. The van der Waals surface area contributed by atoms with Gasteiger partial charge in [0, 0.05) is 65.8 Å². The SMILES string of the molecule is CN(C)C(N)=NC(=N)N.Cc1ccc(-c2nc3ccc(C)cn3c2CC(=O)N(C)C)cc1.Cc1ccc(-c2nc3ccc(C)cn3c2CC(=O)N(C)C)cc1.Cl.O=C(O)C(O)C(O)C(=O)O. The summed E-state index contributed by atoms with van der Waals surface area (Å²) in [6.45, 7) is 8.21. The number of nitrogens with one attached hydrogen (secondary N) is 1. The minimum Gasteiger partial charge on any atom is -0.479 e. The minimum atomic E-state index is -2.27. The van der Waals surface area contributed by atoms with Gasteiger partial charge in [0.2, 0.25) is 17.8 Å². The highest BCUT2D eigenvalue weighted by atomic mass is 35.5. The molecule has 0 radical (unpaired) electrons. The van der Waals surface area contributed by atoms with E-state index < -0.39 is 24.1 Å². The molecule has 66 heavy (non-hydrogen) atoms. The van der Waals surface area contributed by atoms with Crippen molar-refractivity contribution in [2.45, 2.75) is 52.7 Å². The zero-order valence-electron chi connectivity index (χ0n) is 38.7. The molecular weight excluding hydrogens is 870 g/mol. The van der Waals surface area contributed by atoms with Gasteiger partial charge in [0.15, 0.2) is 18.2 Å². The van der Waals surface area contributed by atoms with Crippen LogP contribution in [0, 0.1) is 33.1 Å². The quantitative estimate of drug-likeness (QED) is 0.0808. The third-order valence-electron chi connectivity index (χ3n) is 9.51. The molecule has 0 saturated carbocycles. The first kappa shape index (κ1) is 54.8. The van der Waals surface area contributed by atoms with Crippen molar-refractivity contribution < 1.29 is 39.6 Å². The second-order valence-corrected chi connectivity index (χ2v) is 15.7. The lowest BCUT2D eigenvalue weighted by Crippen LogP contribution is -2.39. The number of aromatic nitrogens is 4. The first-order valence-electron chi connectivity index (χ1n) is 20.1. The molecular formula is C46H60ClN11O8. The number of hydrogen-bond donors (Lipinski definition) is 7. The van der Waals surface area contributed by atoms with E-state index in [1.807, 2.05) is 59.3 Å². The molecule has 0 aliphatic carbocycles. The predicted octanol–water partition coefficient (Wildman–Crippen LogP) is 3.55. The Balaban J connectivity index is 0.000000327. The molecule has 0 saturated heterocycles. The summed E-state index contributed by atoms with van der Waals surface area (Å²) in [4.78, 5) is 61.9. The number of nitrogens with two attached hydrogens (primary N) is 2. The number of fused-ring (bicyclic) bond motifs is 2. The maximum Gasteiger partial charge on any atom is 0.335 e. The summed E-state index contributed by atoms with van der Waals surface area (Å²) >= 11 is 0. The van der Waals surface area contributed by atoms with Crippen LogP contribution in [0.1, 0.15) is 33.6 Å². The maximum atomic E-state index is 12.3. The fraction of sp³-hybridized carbons (Fsp3) is 0.304. The van der Waals surface area contributed by atoms with E-state index in [-0.39, 0.29) is 36.1 Å². The van der Waals surface area contributed by atoms with E-state index in [9.17, 15) is 19.2 Å². The molecule has 19 nitrogen and oxygen atoms in total. The number of aliphatic imine (C=N–C) groups is 1. The Morgan fingerprint density at radius 1 is 0.591 bits per heavy atom. The van der Waals surface area contributed by atoms with Crippen molar-refractivity contribution in [3.8, 4) is 22.5 Å². The van der Waals surface area contributed by atoms with E-state index in [0.717, 1.165) is 56.3 Å². The molecule has 0 fully saturated rings. The van der Waals surface area contributed by atoms with E-state index >= 15 is 0 Å². The molecule has 6 rings (SSSR count). The topological polar surface area (TPSA) is 282 Å². The van der Waals surface area contributed by atoms with Crippen molar-refractivity contribution in [3.05, 3.63) is 119 Å². The van der Waals surface area contributed by atoms with Gasteiger partial charge in [0.05, 0.1) is 35.6 Å². The maximum absolute atomic E-state index is 12.3. The van der Waals surface area contributed by atoms with Gasteiger partial charge in [0.25, 0.3) is 0 Å². The van der Waals surface area contributed by atoms with Crippen LogP contribution in [-0.2, 0) is 32.0 Å². The second kappa shape index (κ2) is 24.6. The highest BCUT2D eigenvalue weighted by Crippen LogP contribution is 2.27. The van der Waals surface area contributed by atoms with Crippen LogP contribution >= 0.6 is 12.4 Å². The third-order valence-corrected chi connectivity index (χ3v) is 9.51. The van der Waals surface area contributed by atoms with Crippen LogP contribution in [0.2, 0.25) is 0 Å². The van der Waals surface area contributed by atoms with Crippen LogP contribution in [-0.4, -0.2) is 144 Å². The molecule has 2 unspecified atom stereocenters. The van der Waals surface area contributed by atoms with E-state index in [2.05, 4.69) is 67.4 Å². The lowest BCUT2D eigenvalue weighted by atomic mass is 10.1. The number of imidazole rings is 2. The van der Waals surface area contributed by atoms with E-state index in [4.69, 9.17) is 47.3 Å². The van der Waals surface area contributed by atoms with Gasteiger partial charge in [-0.2, -0.15) is 4.99 Å². The number of halogens is 1. The predicted molar refractivity (Wildman–Crippen MR) is 257 cm³/mol. The summed E-state index contributed by atoms with van der Waals surface area (Å²) in [5.41, 5.74) is 22.3. The number of benzene rings is 2. The summed E-state index contributed by atoms with van der Waals surface area (Å²) in [5, 5.41) is 39.2. The number of aliphatic hydroxyl groups excluding tert-OH is 2. The number of carboxylic acid groups (broad SMARTS) is 2. The number of aryl methyl sites for hydroxylation is 4. The normalized spacial score (nSPS) is 11.5. The number of amides is 2. The highest BCUT2D eigenvalue weighted by molar-refractivity contribution is 5.91. The molecule has 0 bridgehead atoms. The molecule has 4 aromatic heterocycles. The van der Waals surface area contributed by atoms with Crippen LogP contribution in [0.4, 0.5) is 0 Å². The highest BCUT2D eigenvalue weighted by Gasteiger charge is 2.29. The molecule has 0 aliphatic heterocycles. The Hall–Kier alpha value is -7.35. The van der Waals surface area contributed by atoms with Crippen molar-refractivity contribution in [1.82, 2.24) is 33.5 Å². The van der Waals surface area contributed by atoms with Crippen LogP contribution in [0.25, 0.3) is 33.8 Å². The molecule has 0 spiro atoms. The molecule has 6 aromatic rings. The average molecular weight is 931 g/mol. The van der Waals surface area contributed by atoms with Crippen molar-refractivity contribution in [3.63, 3.8) is 0 Å². The zero-order chi connectivity index (χ0) is 48.9. The number of aliphatic carboxylic acids is 2.